The molecule has 2 rings (SSSR count). The summed E-state index contributed by atoms with van der Waals surface area (Å²) in [4.78, 5) is 4.35. The van der Waals surface area contributed by atoms with E-state index in [1.165, 1.54) is 32.1 Å². The Hall–Kier alpha value is 0. The molecule has 0 aromatic heterocycles. The number of hydrogen-bond acceptors (Lipinski definition) is 1. The molecular formula is C15H30IN3. The summed E-state index contributed by atoms with van der Waals surface area (Å²) in [5, 5.41) is 7.04. The fourth-order valence-electron chi connectivity index (χ4n) is 2.89. The molecule has 2 aliphatic rings. The first-order chi connectivity index (χ1) is 8.57. The Balaban J connectivity index is 0.00000180. The van der Waals surface area contributed by atoms with Gasteiger partial charge in [-0.3, -0.25) is 4.99 Å². The molecule has 2 fully saturated rings. The van der Waals surface area contributed by atoms with Gasteiger partial charge in [0.25, 0.3) is 0 Å². The van der Waals surface area contributed by atoms with Gasteiger partial charge in [0.1, 0.15) is 0 Å². The van der Waals surface area contributed by atoms with E-state index in [2.05, 4.69) is 36.4 Å². The molecular weight excluding hydrogens is 349 g/mol. The highest BCUT2D eigenvalue weighted by Crippen LogP contribution is 2.56. The molecule has 0 radical (unpaired) electrons. The van der Waals surface area contributed by atoms with Gasteiger partial charge < -0.3 is 10.6 Å². The molecule has 1 unspecified atom stereocenters. The molecule has 0 spiro atoms. The Morgan fingerprint density at radius 2 is 1.89 bits per heavy atom. The van der Waals surface area contributed by atoms with E-state index in [9.17, 15) is 0 Å². The minimum atomic E-state index is 0. The number of guanidine groups is 1. The summed E-state index contributed by atoms with van der Waals surface area (Å²) in [7, 11) is 1.87. The van der Waals surface area contributed by atoms with Crippen molar-refractivity contribution in [3.63, 3.8) is 0 Å². The summed E-state index contributed by atoms with van der Waals surface area (Å²) in [6.45, 7) is 7.81. The normalized spacial score (nSPS) is 23.3. The quantitative estimate of drug-likeness (QED) is 0.437. The third-order valence-electron chi connectivity index (χ3n) is 4.99. The van der Waals surface area contributed by atoms with Gasteiger partial charge in [-0.2, -0.15) is 0 Å². The van der Waals surface area contributed by atoms with Crippen molar-refractivity contribution < 1.29 is 0 Å². The van der Waals surface area contributed by atoms with Crippen molar-refractivity contribution >= 4 is 29.9 Å². The second kappa shape index (κ2) is 7.14. The van der Waals surface area contributed by atoms with Gasteiger partial charge in [0.2, 0.25) is 0 Å². The molecule has 0 saturated heterocycles. The van der Waals surface area contributed by atoms with Crippen molar-refractivity contribution in [1.29, 1.82) is 0 Å². The highest BCUT2D eigenvalue weighted by Gasteiger charge is 2.48. The standard InChI is InChI=1S/C15H29N3.HI/c1-11(2)12(3)18-14(16-4)17-10-15(8-5-9-15)13-6-7-13;/h11-13H,5-10H2,1-4H3,(H2,16,17,18);1H. The minimum absolute atomic E-state index is 0. The van der Waals surface area contributed by atoms with Crippen LogP contribution in [-0.2, 0) is 0 Å². The molecule has 0 bridgehead atoms. The fourth-order valence-corrected chi connectivity index (χ4v) is 2.89. The highest BCUT2D eigenvalue weighted by molar-refractivity contribution is 14.0. The maximum Gasteiger partial charge on any atom is 0.191 e. The van der Waals surface area contributed by atoms with Gasteiger partial charge >= 0.3 is 0 Å². The molecule has 3 nitrogen and oxygen atoms in total. The zero-order valence-corrected chi connectivity index (χ0v) is 15.2. The third-order valence-corrected chi connectivity index (χ3v) is 4.99. The molecule has 112 valence electrons. The van der Waals surface area contributed by atoms with Crippen molar-refractivity contribution in [3.05, 3.63) is 0 Å². The van der Waals surface area contributed by atoms with E-state index in [4.69, 9.17) is 0 Å². The van der Waals surface area contributed by atoms with Gasteiger partial charge in [-0.25, -0.2) is 0 Å². The summed E-state index contributed by atoms with van der Waals surface area (Å²) >= 11 is 0. The molecule has 0 amide bonds. The Kier molecular flexibility index (Phi) is 6.40. The molecule has 19 heavy (non-hydrogen) atoms. The van der Waals surface area contributed by atoms with Crippen LogP contribution >= 0.6 is 24.0 Å². The lowest BCUT2D eigenvalue weighted by atomic mass is 9.65. The maximum absolute atomic E-state index is 4.35. The van der Waals surface area contributed by atoms with Crippen LogP contribution in [0.4, 0.5) is 0 Å². The summed E-state index contributed by atoms with van der Waals surface area (Å²) in [5.74, 6) is 2.60. The van der Waals surface area contributed by atoms with Gasteiger partial charge in [-0.05, 0) is 49.9 Å². The van der Waals surface area contributed by atoms with Crippen molar-refractivity contribution in [2.75, 3.05) is 13.6 Å². The van der Waals surface area contributed by atoms with E-state index in [0.717, 1.165) is 18.4 Å². The van der Waals surface area contributed by atoms with E-state index in [-0.39, 0.29) is 24.0 Å². The third kappa shape index (κ3) is 4.23. The topological polar surface area (TPSA) is 36.4 Å². The Morgan fingerprint density at radius 1 is 1.26 bits per heavy atom. The number of rotatable bonds is 5. The van der Waals surface area contributed by atoms with Crippen LogP contribution in [0.1, 0.15) is 52.9 Å². The summed E-state index contributed by atoms with van der Waals surface area (Å²) in [6.07, 6.45) is 7.17. The second-order valence-electron chi connectivity index (χ2n) is 6.59. The Bertz CT molecular complexity index is 307. The van der Waals surface area contributed by atoms with Crippen LogP contribution in [0.5, 0.6) is 0 Å². The minimum Gasteiger partial charge on any atom is -0.356 e. The lowest BCUT2D eigenvalue weighted by molar-refractivity contribution is 0.105. The molecule has 2 N–H and O–H groups in total. The van der Waals surface area contributed by atoms with Crippen LogP contribution in [0.15, 0.2) is 4.99 Å². The van der Waals surface area contributed by atoms with E-state index in [1.54, 1.807) is 0 Å². The number of nitrogens with zero attached hydrogens (tertiary/aromatic N) is 1. The van der Waals surface area contributed by atoms with E-state index >= 15 is 0 Å². The molecule has 0 aliphatic heterocycles. The van der Waals surface area contributed by atoms with Crippen LogP contribution in [0.2, 0.25) is 0 Å². The van der Waals surface area contributed by atoms with Gasteiger partial charge in [-0.1, -0.05) is 20.3 Å². The Morgan fingerprint density at radius 3 is 2.26 bits per heavy atom. The summed E-state index contributed by atoms with van der Waals surface area (Å²) in [6, 6.07) is 0.467. The SMILES string of the molecule is CN=C(NCC1(C2CC2)CCC1)NC(C)C(C)C.I. The molecule has 2 aliphatic carbocycles. The van der Waals surface area contributed by atoms with E-state index < -0.39 is 0 Å². The van der Waals surface area contributed by atoms with Crippen LogP contribution in [0.25, 0.3) is 0 Å². The maximum atomic E-state index is 4.35. The predicted molar refractivity (Wildman–Crippen MR) is 93.2 cm³/mol. The zero-order chi connectivity index (χ0) is 13.2. The number of halogens is 1. The van der Waals surface area contributed by atoms with E-state index in [0.29, 0.717) is 17.4 Å². The zero-order valence-electron chi connectivity index (χ0n) is 12.8. The smallest absolute Gasteiger partial charge is 0.191 e. The molecule has 0 aromatic rings. The predicted octanol–water partition coefficient (Wildman–Crippen LogP) is 3.39. The summed E-state index contributed by atoms with van der Waals surface area (Å²) < 4.78 is 0. The number of hydrogen-bond donors (Lipinski definition) is 2. The van der Waals surface area contributed by atoms with Crippen molar-refractivity contribution in [2.24, 2.45) is 22.2 Å². The van der Waals surface area contributed by atoms with Crippen molar-refractivity contribution in [1.82, 2.24) is 10.6 Å². The number of aliphatic imine (C=N–C) groups is 1. The lowest BCUT2D eigenvalue weighted by Crippen LogP contribution is -2.50. The monoisotopic (exact) mass is 379 g/mol. The largest absolute Gasteiger partial charge is 0.356 e. The van der Waals surface area contributed by atoms with E-state index in [1.807, 2.05) is 7.05 Å². The number of nitrogens with one attached hydrogen (secondary N) is 2. The van der Waals surface area contributed by atoms with Crippen LogP contribution in [0.3, 0.4) is 0 Å². The first kappa shape index (κ1) is 17.1. The first-order valence-electron chi connectivity index (χ1n) is 7.54. The molecule has 0 heterocycles. The van der Waals surface area contributed by atoms with Crippen molar-refractivity contribution in [3.8, 4) is 0 Å². The highest BCUT2D eigenvalue weighted by atomic mass is 127. The Labute approximate surface area is 135 Å². The lowest BCUT2D eigenvalue weighted by Gasteiger charge is -2.43. The van der Waals surface area contributed by atoms with Crippen LogP contribution < -0.4 is 10.6 Å². The van der Waals surface area contributed by atoms with Gasteiger partial charge in [0, 0.05) is 19.6 Å². The summed E-state index contributed by atoms with van der Waals surface area (Å²) in [5.41, 5.74) is 0.610. The second-order valence-corrected chi connectivity index (χ2v) is 6.59. The van der Waals surface area contributed by atoms with Gasteiger partial charge in [0.05, 0.1) is 0 Å². The average molecular weight is 379 g/mol. The molecule has 0 aromatic carbocycles. The fraction of sp³-hybridized carbons (Fsp3) is 0.933. The van der Waals surface area contributed by atoms with Gasteiger partial charge in [0.15, 0.2) is 5.96 Å². The average Bonchev–Trinajstić information content (AvgIpc) is 3.10. The molecule has 2 saturated carbocycles. The molecule has 4 heteroatoms. The first-order valence-corrected chi connectivity index (χ1v) is 7.54. The van der Waals surface area contributed by atoms with Crippen LogP contribution in [-0.4, -0.2) is 25.6 Å². The van der Waals surface area contributed by atoms with Gasteiger partial charge in [-0.15, -0.1) is 24.0 Å². The molecule has 1 atom stereocenters. The van der Waals surface area contributed by atoms with Crippen LogP contribution in [0, 0.1) is 17.3 Å². The van der Waals surface area contributed by atoms with Crippen molar-refractivity contribution in [2.45, 2.75) is 58.9 Å².